The van der Waals surface area contributed by atoms with Crippen LogP contribution >= 0.6 is 0 Å². The number of terminal acetylenes is 1. The van der Waals surface area contributed by atoms with E-state index >= 15 is 0 Å². The van der Waals surface area contributed by atoms with E-state index < -0.39 is 0 Å². The minimum absolute atomic E-state index is 0.567. The van der Waals surface area contributed by atoms with Gasteiger partial charge in [-0.3, -0.25) is 0 Å². The van der Waals surface area contributed by atoms with E-state index in [1.165, 1.54) is 19.3 Å². The van der Waals surface area contributed by atoms with E-state index in [0.29, 0.717) is 6.04 Å². The molecule has 1 N–H and O–H groups in total. The molecule has 1 nitrogen and oxygen atoms in total. The van der Waals surface area contributed by atoms with Crippen molar-refractivity contribution in [2.24, 2.45) is 5.92 Å². The second-order valence-corrected chi connectivity index (χ2v) is 3.07. The Morgan fingerprint density at radius 1 is 1.70 bits per heavy atom. The summed E-state index contributed by atoms with van der Waals surface area (Å²) in [5, 5.41) is 3.23. The smallest absolute Gasteiger partial charge is 0.0240 e. The molecule has 1 rings (SSSR count). The molecule has 56 valence electrons. The summed E-state index contributed by atoms with van der Waals surface area (Å²) in [4.78, 5) is 0. The standard InChI is InChI=1S/C9H15N/c1-3-4-9(10-2)7-8-5-6-8/h1,8-10H,4-7H2,2H3. The Balaban J connectivity index is 2.12. The van der Waals surface area contributed by atoms with Gasteiger partial charge in [-0.15, -0.1) is 12.3 Å². The summed E-state index contributed by atoms with van der Waals surface area (Å²) >= 11 is 0. The summed E-state index contributed by atoms with van der Waals surface area (Å²) in [5.41, 5.74) is 0. The Hall–Kier alpha value is -0.480. The van der Waals surface area contributed by atoms with Gasteiger partial charge in [0.25, 0.3) is 0 Å². The van der Waals surface area contributed by atoms with Crippen LogP contribution in [0.1, 0.15) is 25.7 Å². The van der Waals surface area contributed by atoms with Gasteiger partial charge in [-0.1, -0.05) is 12.8 Å². The van der Waals surface area contributed by atoms with Crippen LogP contribution in [0.15, 0.2) is 0 Å². The lowest BCUT2D eigenvalue weighted by atomic mass is 10.1. The summed E-state index contributed by atoms with van der Waals surface area (Å²) in [6.45, 7) is 0. The second kappa shape index (κ2) is 3.63. The van der Waals surface area contributed by atoms with Gasteiger partial charge in [0.2, 0.25) is 0 Å². The summed E-state index contributed by atoms with van der Waals surface area (Å²) in [5.74, 6) is 3.67. The zero-order valence-electron chi connectivity index (χ0n) is 6.56. The predicted octanol–water partition coefficient (Wildman–Crippen LogP) is 1.40. The molecule has 0 amide bonds. The fourth-order valence-corrected chi connectivity index (χ4v) is 1.20. The Bertz CT molecular complexity index is 130. The van der Waals surface area contributed by atoms with Crippen molar-refractivity contribution in [3.8, 4) is 12.3 Å². The minimum Gasteiger partial charge on any atom is -0.316 e. The number of nitrogens with one attached hydrogen (secondary N) is 1. The first-order chi connectivity index (χ1) is 4.86. The molecule has 0 aromatic carbocycles. The zero-order chi connectivity index (χ0) is 7.40. The molecule has 0 heterocycles. The van der Waals surface area contributed by atoms with Crippen LogP contribution in [0.3, 0.4) is 0 Å². The molecule has 0 aromatic heterocycles. The van der Waals surface area contributed by atoms with Crippen LogP contribution < -0.4 is 5.32 Å². The molecule has 0 radical (unpaired) electrons. The quantitative estimate of drug-likeness (QED) is 0.577. The Kier molecular flexibility index (Phi) is 2.77. The molecule has 1 fully saturated rings. The van der Waals surface area contributed by atoms with Crippen LogP contribution in [0.2, 0.25) is 0 Å². The molecular formula is C9H15N. The van der Waals surface area contributed by atoms with Crippen LogP contribution in [0, 0.1) is 18.3 Å². The molecular weight excluding hydrogens is 122 g/mol. The van der Waals surface area contributed by atoms with Crippen LogP contribution in [0.4, 0.5) is 0 Å². The molecule has 1 aliphatic carbocycles. The molecule has 1 saturated carbocycles. The average molecular weight is 137 g/mol. The Morgan fingerprint density at radius 3 is 2.80 bits per heavy atom. The third-order valence-electron chi connectivity index (χ3n) is 2.09. The van der Waals surface area contributed by atoms with Crippen LogP contribution in [-0.4, -0.2) is 13.1 Å². The van der Waals surface area contributed by atoms with Crippen molar-refractivity contribution in [3.05, 3.63) is 0 Å². The lowest BCUT2D eigenvalue weighted by Crippen LogP contribution is -2.24. The maximum absolute atomic E-state index is 5.21. The molecule has 1 aliphatic rings. The first-order valence-corrected chi connectivity index (χ1v) is 3.97. The third-order valence-corrected chi connectivity index (χ3v) is 2.09. The van der Waals surface area contributed by atoms with Crippen molar-refractivity contribution >= 4 is 0 Å². The fraction of sp³-hybridized carbons (Fsp3) is 0.778. The van der Waals surface area contributed by atoms with E-state index in [1.807, 2.05) is 7.05 Å². The van der Waals surface area contributed by atoms with Crippen LogP contribution in [0.25, 0.3) is 0 Å². The van der Waals surface area contributed by atoms with E-state index in [2.05, 4.69) is 11.2 Å². The van der Waals surface area contributed by atoms with Crippen LogP contribution in [0.5, 0.6) is 0 Å². The maximum Gasteiger partial charge on any atom is 0.0240 e. The van der Waals surface area contributed by atoms with E-state index in [4.69, 9.17) is 6.42 Å². The van der Waals surface area contributed by atoms with E-state index in [1.54, 1.807) is 0 Å². The molecule has 0 saturated heterocycles. The summed E-state index contributed by atoms with van der Waals surface area (Å²) in [6.07, 6.45) is 10.2. The maximum atomic E-state index is 5.21. The highest BCUT2D eigenvalue weighted by molar-refractivity contribution is 4.91. The van der Waals surface area contributed by atoms with Gasteiger partial charge in [-0.25, -0.2) is 0 Å². The highest BCUT2D eigenvalue weighted by Gasteiger charge is 2.23. The normalized spacial score (nSPS) is 20.0. The van der Waals surface area contributed by atoms with E-state index in [9.17, 15) is 0 Å². The van der Waals surface area contributed by atoms with Gasteiger partial charge >= 0.3 is 0 Å². The van der Waals surface area contributed by atoms with Gasteiger partial charge in [0.15, 0.2) is 0 Å². The van der Waals surface area contributed by atoms with Gasteiger partial charge in [0.05, 0.1) is 0 Å². The average Bonchev–Trinajstić information content (AvgIpc) is 2.71. The molecule has 0 aromatic rings. The van der Waals surface area contributed by atoms with Crippen LogP contribution in [-0.2, 0) is 0 Å². The third kappa shape index (κ3) is 2.41. The Labute approximate surface area is 63.2 Å². The summed E-state index contributed by atoms with van der Waals surface area (Å²) < 4.78 is 0. The van der Waals surface area contributed by atoms with Gasteiger partial charge in [0.1, 0.15) is 0 Å². The van der Waals surface area contributed by atoms with Crippen molar-refractivity contribution < 1.29 is 0 Å². The second-order valence-electron chi connectivity index (χ2n) is 3.07. The van der Waals surface area contributed by atoms with E-state index in [-0.39, 0.29) is 0 Å². The minimum atomic E-state index is 0.567. The highest BCUT2D eigenvalue weighted by atomic mass is 14.9. The van der Waals surface area contributed by atoms with Crippen molar-refractivity contribution in [2.75, 3.05) is 7.05 Å². The van der Waals surface area contributed by atoms with Gasteiger partial charge in [0, 0.05) is 12.5 Å². The SMILES string of the molecule is C#CCC(CC1CC1)NC. The lowest BCUT2D eigenvalue weighted by molar-refractivity contribution is 0.503. The number of hydrogen-bond donors (Lipinski definition) is 1. The molecule has 1 atom stereocenters. The van der Waals surface area contributed by atoms with Crippen molar-refractivity contribution in [1.82, 2.24) is 5.32 Å². The van der Waals surface area contributed by atoms with Gasteiger partial charge < -0.3 is 5.32 Å². The molecule has 0 bridgehead atoms. The monoisotopic (exact) mass is 137 g/mol. The number of hydrogen-bond acceptors (Lipinski definition) is 1. The lowest BCUT2D eigenvalue weighted by Gasteiger charge is -2.11. The highest BCUT2D eigenvalue weighted by Crippen LogP contribution is 2.33. The summed E-state index contributed by atoms with van der Waals surface area (Å²) in [7, 11) is 1.99. The Morgan fingerprint density at radius 2 is 2.40 bits per heavy atom. The molecule has 1 unspecified atom stereocenters. The zero-order valence-corrected chi connectivity index (χ0v) is 6.56. The van der Waals surface area contributed by atoms with Gasteiger partial charge in [-0.05, 0) is 19.4 Å². The fourth-order valence-electron chi connectivity index (χ4n) is 1.20. The van der Waals surface area contributed by atoms with Crippen molar-refractivity contribution in [2.45, 2.75) is 31.7 Å². The largest absolute Gasteiger partial charge is 0.316 e. The topological polar surface area (TPSA) is 12.0 Å². The molecule has 10 heavy (non-hydrogen) atoms. The predicted molar refractivity (Wildman–Crippen MR) is 43.6 cm³/mol. The number of rotatable bonds is 4. The first kappa shape index (κ1) is 7.63. The van der Waals surface area contributed by atoms with E-state index in [0.717, 1.165) is 12.3 Å². The molecule has 1 heteroatoms. The first-order valence-electron chi connectivity index (χ1n) is 3.97. The molecule has 0 aliphatic heterocycles. The van der Waals surface area contributed by atoms with Crippen molar-refractivity contribution in [1.29, 1.82) is 0 Å². The van der Waals surface area contributed by atoms with Gasteiger partial charge in [-0.2, -0.15) is 0 Å². The van der Waals surface area contributed by atoms with Crippen molar-refractivity contribution in [3.63, 3.8) is 0 Å². The molecule has 0 spiro atoms. The summed E-state index contributed by atoms with van der Waals surface area (Å²) in [6, 6.07) is 0.567.